The monoisotopic (exact) mass is 192 g/mol. The molecule has 0 spiro atoms. The van der Waals surface area contributed by atoms with Crippen molar-refractivity contribution < 1.29 is 10.2 Å². The summed E-state index contributed by atoms with van der Waals surface area (Å²) >= 11 is 0. The minimum atomic E-state index is 0.0532. The largest absolute Gasteiger partial charge is 0.504 e. The number of benzene rings is 1. The van der Waals surface area contributed by atoms with E-state index in [9.17, 15) is 10.2 Å². The lowest BCUT2D eigenvalue weighted by Gasteiger charge is -2.24. The smallest absolute Gasteiger partial charge is 0.161 e. The highest BCUT2D eigenvalue weighted by Gasteiger charge is 2.23. The van der Waals surface area contributed by atoms with E-state index in [-0.39, 0.29) is 11.5 Å². The first-order valence-corrected chi connectivity index (χ1v) is 5.15. The van der Waals surface area contributed by atoms with E-state index >= 15 is 0 Å². The highest BCUT2D eigenvalue weighted by Crippen LogP contribution is 2.43. The third kappa shape index (κ3) is 1.26. The number of aromatic hydroxyl groups is 2. The Kier molecular flexibility index (Phi) is 2.14. The van der Waals surface area contributed by atoms with Crippen LogP contribution >= 0.6 is 0 Å². The molecule has 1 aromatic rings. The summed E-state index contributed by atoms with van der Waals surface area (Å²) in [5.41, 5.74) is 2.94. The maximum atomic E-state index is 9.84. The fourth-order valence-corrected chi connectivity index (χ4v) is 2.37. The summed E-state index contributed by atoms with van der Waals surface area (Å²) in [7, 11) is 0. The second kappa shape index (κ2) is 3.19. The molecule has 76 valence electrons. The summed E-state index contributed by atoms with van der Waals surface area (Å²) in [6, 6.07) is 2.00. The molecule has 14 heavy (non-hydrogen) atoms. The molecule has 0 heterocycles. The van der Waals surface area contributed by atoms with Gasteiger partial charge in [-0.05, 0) is 43.2 Å². The molecule has 0 fully saturated rings. The van der Waals surface area contributed by atoms with Gasteiger partial charge in [0.2, 0.25) is 0 Å². The molecule has 1 aromatic carbocycles. The van der Waals surface area contributed by atoms with Gasteiger partial charge in [-0.25, -0.2) is 0 Å². The summed E-state index contributed by atoms with van der Waals surface area (Å²) in [6.07, 6.45) is 3.30. The van der Waals surface area contributed by atoms with Gasteiger partial charge in [0.05, 0.1) is 0 Å². The Morgan fingerprint density at radius 1 is 1.29 bits per heavy atom. The minimum absolute atomic E-state index is 0.0532. The van der Waals surface area contributed by atoms with Crippen molar-refractivity contribution in [1.82, 2.24) is 0 Å². The van der Waals surface area contributed by atoms with Gasteiger partial charge in [-0.2, -0.15) is 0 Å². The molecular formula is C12H16O2. The lowest BCUT2D eigenvalue weighted by molar-refractivity contribution is 0.388. The van der Waals surface area contributed by atoms with Gasteiger partial charge in [0.15, 0.2) is 11.5 Å². The van der Waals surface area contributed by atoms with Gasteiger partial charge in [-0.15, -0.1) is 0 Å². The molecule has 0 saturated heterocycles. The molecule has 0 unspecified atom stereocenters. The molecule has 2 heteroatoms. The molecule has 2 rings (SSSR count). The maximum absolute atomic E-state index is 9.84. The number of phenols is 2. The van der Waals surface area contributed by atoms with E-state index in [4.69, 9.17) is 0 Å². The molecule has 1 atom stereocenters. The fraction of sp³-hybridized carbons (Fsp3) is 0.500. The average molecular weight is 192 g/mol. The van der Waals surface area contributed by atoms with Crippen molar-refractivity contribution >= 4 is 0 Å². The Labute approximate surface area is 84.2 Å². The van der Waals surface area contributed by atoms with E-state index < -0.39 is 0 Å². The molecule has 2 N–H and O–H groups in total. The van der Waals surface area contributed by atoms with Crippen LogP contribution in [-0.2, 0) is 6.42 Å². The molecule has 0 bridgehead atoms. The number of fused-ring (bicyclic) bond motifs is 1. The Hall–Kier alpha value is -1.18. The maximum Gasteiger partial charge on any atom is 0.161 e. The zero-order valence-electron chi connectivity index (χ0n) is 8.67. The van der Waals surface area contributed by atoms with Gasteiger partial charge in [0.1, 0.15) is 0 Å². The quantitative estimate of drug-likeness (QED) is 0.620. The first-order chi connectivity index (χ1) is 6.61. The van der Waals surface area contributed by atoms with Gasteiger partial charge in [0, 0.05) is 5.56 Å². The van der Waals surface area contributed by atoms with Crippen molar-refractivity contribution in [3.05, 3.63) is 22.8 Å². The van der Waals surface area contributed by atoms with Crippen molar-refractivity contribution in [3.8, 4) is 11.5 Å². The molecule has 0 amide bonds. The zero-order chi connectivity index (χ0) is 10.3. The molecule has 1 aliphatic rings. The Morgan fingerprint density at radius 3 is 2.71 bits per heavy atom. The van der Waals surface area contributed by atoms with Gasteiger partial charge >= 0.3 is 0 Å². The van der Waals surface area contributed by atoms with Crippen LogP contribution in [0.3, 0.4) is 0 Å². The average Bonchev–Trinajstić information content (AvgIpc) is 2.14. The summed E-state index contributed by atoms with van der Waals surface area (Å²) in [6.45, 7) is 3.93. The summed E-state index contributed by atoms with van der Waals surface area (Å²) < 4.78 is 0. The standard InChI is InChI=1S/C12H16O2/c1-7-4-3-5-9-6-8(2)11(13)12(14)10(7)9/h6-7,13-14H,3-5H2,1-2H3/t7-/m1/s1. The van der Waals surface area contributed by atoms with Crippen LogP contribution in [0.2, 0.25) is 0 Å². The first kappa shape index (κ1) is 9.38. The second-order valence-electron chi connectivity index (χ2n) is 4.26. The predicted molar refractivity (Wildman–Crippen MR) is 55.9 cm³/mol. The van der Waals surface area contributed by atoms with Gasteiger partial charge in [-0.1, -0.05) is 13.0 Å². The van der Waals surface area contributed by atoms with Crippen molar-refractivity contribution in [2.45, 2.75) is 39.0 Å². The van der Waals surface area contributed by atoms with E-state index in [1.807, 2.05) is 13.0 Å². The first-order valence-electron chi connectivity index (χ1n) is 5.15. The molecule has 1 aliphatic carbocycles. The second-order valence-corrected chi connectivity index (χ2v) is 4.26. The highest BCUT2D eigenvalue weighted by molar-refractivity contribution is 5.55. The van der Waals surface area contributed by atoms with Crippen molar-refractivity contribution in [1.29, 1.82) is 0 Å². The Morgan fingerprint density at radius 2 is 2.00 bits per heavy atom. The summed E-state index contributed by atoms with van der Waals surface area (Å²) in [5, 5.41) is 19.5. The zero-order valence-corrected chi connectivity index (χ0v) is 8.67. The molecule has 0 radical (unpaired) electrons. The van der Waals surface area contributed by atoms with Crippen LogP contribution in [-0.4, -0.2) is 10.2 Å². The molecule has 0 aromatic heterocycles. The van der Waals surface area contributed by atoms with Crippen LogP contribution in [0.4, 0.5) is 0 Å². The number of hydrogen-bond acceptors (Lipinski definition) is 2. The van der Waals surface area contributed by atoms with Crippen molar-refractivity contribution in [2.24, 2.45) is 0 Å². The topological polar surface area (TPSA) is 40.5 Å². The van der Waals surface area contributed by atoms with E-state index in [2.05, 4.69) is 6.92 Å². The lowest BCUT2D eigenvalue weighted by Crippen LogP contribution is -2.07. The molecule has 2 nitrogen and oxygen atoms in total. The van der Waals surface area contributed by atoms with E-state index in [1.165, 1.54) is 12.0 Å². The number of phenolic OH excluding ortho intramolecular Hbond substituents is 2. The SMILES string of the molecule is Cc1cc2c(c(O)c1O)[C@H](C)CCC2. The van der Waals surface area contributed by atoms with Crippen LogP contribution in [0.1, 0.15) is 42.4 Å². The van der Waals surface area contributed by atoms with Crippen LogP contribution < -0.4 is 0 Å². The van der Waals surface area contributed by atoms with Gasteiger partial charge in [-0.3, -0.25) is 0 Å². The van der Waals surface area contributed by atoms with Crippen LogP contribution in [0, 0.1) is 6.92 Å². The lowest BCUT2D eigenvalue weighted by atomic mass is 9.82. The molecule has 0 aliphatic heterocycles. The van der Waals surface area contributed by atoms with Crippen molar-refractivity contribution in [2.75, 3.05) is 0 Å². The highest BCUT2D eigenvalue weighted by atomic mass is 16.3. The predicted octanol–water partition coefficient (Wildman–Crippen LogP) is 2.85. The van der Waals surface area contributed by atoms with E-state index in [0.717, 1.165) is 24.0 Å². The third-order valence-electron chi connectivity index (χ3n) is 3.17. The minimum Gasteiger partial charge on any atom is -0.504 e. The number of rotatable bonds is 0. The van der Waals surface area contributed by atoms with Crippen LogP contribution in [0.15, 0.2) is 6.07 Å². The Bertz CT molecular complexity index is 369. The molecular weight excluding hydrogens is 176 g/mol. The number of aryl methyl sites for hydroxylation is 2. The molecule has 0 saturated carbocycles. The normalized spacial score (nSPS) is 20.6. The van der Waals surface area contributed by atoms with Crippen LogP contribution in [0.5, 0.6) is 11.5 Å². The van der Waals surface area contributed by atoms with E-state index in [0.29, 0.717) is 5.92 Å². The van der Waals surface area contributed by atoms with Gasteiger partial charge < -0.3 is 10.2 Å². The van der Waals surface area contributed by atoms with Crippen molar-refractivity contribution in [3.63, 3.8) is 0 Å². The van der Waals surface area contributed by atoms with Crippen LogP contribution in [0.25, 0.3) is 0 Å². The summed E-state index contributed by atoms with van der Waals surface area (Å²) in [4.78, 5) is 0. The van der Waals surface area contributed by atoms with Gasteiger partial charge in [0.25, 0.3) is 0 Å². The third-order valence-corrected chi connectivity index (χ3v) is 3.17. The summed E-state index contributed by atoms with van der Waals surface area (Å²) in [5.74, 6) is 0.523. The Balaban J connectivity index is 2.64. The number of hydrogen-bond donors (Lipinski definition) is 2. The fourth-order valence-electron chi connectivity index (χ4n) is 2.37. The van der Waals surface area contributed by atoms with E-state index in [1.54, 1.807) is 0 Å².